The van der Waals surface area contributed by atoms with Crippen LogP contribution in [0.4, 0.5) is 0 Å². The van der Waals surface area contributed by atoms with Crippen molar-refractivity contribution in [3.63, 3.8) is 0 Å². The molecule has 2 aliphatic heterocycles. The molecule has 0 spiro atoms. The van der Waals surface area contributed by atoms with Crippen molar-refractivity contribution in [3.8, 4) is 0 Å². The van der Waals surface area contributed by atoms with Crippen LogP contribution in [-0.4, -0.2) is 47.3 Å². The molecular formula is C16H30N2O. The third-order valence-corrected chi connectivity index (χ3v) is 6.02. The standard InChI is InChI=1S/C16H30N2O/c1-12-5-7-16(19,8-6-12)11-17-13-9-14-3-4-15(10-13)18(14)2/h12-15,17,19H,3-11H2,1-2H3. The third kappa shape index (κ3) is 2.98. The summed E-state index contributed by atoms with van der Waals surface area (Å²) in [6.07, 6.45) is 9.66. The Morgan fingerprint density at radius 3 is 2.26 bits per heavy atom. The Bertz CT molecular complexity index is 298. The molecule has 0 aromatic heterocycles. The minimum absolute atomic E-state index is 0.422. The van der Waals surface area contributed by atoms with Crippen LogP contribution in [0.15, 0.2) is 0 Å². The van der Waals surface area contributed by atoms with E-state index in [0.29, 0.717) is 6.04 Å². The zero-order chi connectivity index (χ0) is 13.5. The highest BCUT2D eigenvalue weighted by atomic mass is 16.3. The van der Waals surface area contributed by atoms with Gasteiger partial charge in [0.05, 0.1) is 5.60 Å². The second-order valence-electron chi connectivity index (χ2n) is 7.51. The van der Waals surface area contributed by atoms with E-state index in [1.165, 1.54) is 38.5 Å². The van der Waals surface area contributed by atoms with Crippen molar-refractivity contribution in [1.82, 2.24) is 10.2 Å². The van der Waals surface area contributed by atoms with Gasteiger partial charge in [-0.1, -0.05) is 6.92 Å². The average Bonchev–Trinajstić information content (AvgIpc) is 2.64. The Labute approximate surface area is 117 Å². The second-order valence-corrected chi connectivity index (χ2v) is 7.51. The molecule has 1 saturated carbocycles. The molecule has 2 atom stereocenters. The summed E-state index contributed by atoms with van der Waals surface area (Å²) in [5.41, 5.74) is -0.422. The minimum Gasteiger partial charge on any atom is -0.389 e. The normalized spacial score (nSPS) is 47.5. The molecule has 0 amide bonds. The fourth-order valence-electron chi connectivity index (χ4n) is 4.39. The summed E-state index contributed by atoms with van der Waals surface area (Å²) in [4.78, 5) is 2.58. The molecule has 3 nitrogen and oxygen atoms in total. The van der Waals surface area contributed by atoms with Gasteiger partial charge in [-0.25, -0.2) is 0 Å². The fraction of sp³-hybridized carbons (Fsp3) is 1.00. The van der Waals surface area contributed by atoms with Gasteiger partial charge < -0.3 is 15.3 Å². The molecule has 0 aromatic rings. The van der Waals surface area contributed by atoms with Crippen molar-refractivity contribution in [1.29, 1.82) is 0 Å². The van der Waals surface area contributed by atoms with Crippen LogP contribution in [0.2, 0.25) is 0 Å². The van der Waals surface area contributed by atoms with E-state index in [4.69, 9.17) is 0 Å². The minimum atomic E-state index is -0.422. The topological polar surface area (TPSA) is 35.5 Å². The van der Waals surface area contributed by atoms with Gasteiger partial charge in [0.2, 0.25) is 0 Å². The monoisotopic (exact) mass is 266 g/mol. The van der Waals surface area contributed by atoms with Gasteiger partial charge >= 0.3 is 0 Å². The van der Waals surface area contributed by atoms with E-state index in [0.717, 1.165) is 37.4 Å². The van der Waals surface area contributed by atoms with Crippen LogP contribution in [0.3, 0.4) is 0 Å². The first-order chi connectivity index (χ1) is 9.06. The molecule has 2 N–H and O–H groups in total. The van der Waals surface area contributed by atoms with E-state index in [2.05, 4.69) is 24.2 Å². The molecule has 2 saturated heterocycles. The van der Waals surface area contributed by atoms with E-state index >= 15 is 0 Å². The first-order valence-electron chi connectivity index (χ1n) is 8.23. The lowest BCUT2D eigenvalue weighted by Gasteiger charge is -2.40. The zero-order valence-electron chi connectivity index (χ0n) is 12.6. The van der Waals surface area contributed by atoms with Gasteiger partial charge in [0, 0.05) is 24.7 Å². The van der Waals surface area contributed by atoms with Gasteiger partial charge in [-0.2, -0.15) is 0 Å². The zero-order valence-corrected chi connectivity index (χ0v) is 12.6. The van der Waals surface area contributed by atoms with E-state index in [9.17, 15) is 5.11 Å². The number of nitrogens with one attached hydrogen (secondary N) is 1. The summed E-state index contributed by atoms with van der Waals surface area (Å²) in [7, 11) is 2.29. The maximum absolute atomic E-state index is 10.6. The van der Waals surface area contributed by atoms with Gasteiger partial charge in [-0.15, -0.1) is 0 Å². The number of hydrogen-bond acceptors (Lipinski definition) is 3. The van der Waals surface area contributed by atoms with Crippen molar-refractivity contribution in [2.45, 2.75) is 82.0 Å². The first-order valence-corrected chi connectivity index (χ1v) is 8.23. The number of hydrogen-bond donors (Lipinski definition) is 2. The molecule has 3 fully saturated rings. The molecule has 3 aliphatic rings. The Morgan fingerprint density at radius 2 is 1.68 bits per heavy atom. The predicted molar refractivity (Wildman–Crippen MR) is 78.2 cm³/mol. The van der Waals surface area contributed by atoms with Crippen molar-refractivity contribution < 1.29 is 5.11 Å². The number of rotatable bonds is 3. The van der Waals surface area contributed by atoms with Crippen molar-refractivity contribution in [2.75, 3.05) is 13.6 Å². The largest absolute Gasteiger partial charge is 0.389 e. The Hall–Kier alpha value is -0.120. The predicted octanol–water partition coefficient (Wildman–Crippen LogP) is 2.14. The quantitative estimate of drug-likeness (QED) is 0.821. The first kappa shape index (κ1) is 13.8. The highest BCUT2D eigenvalue weighted by Crippen LogP contribution is 2.35. The van der Waals surface area contributed by atoms with Crippen LogP contribution in [0.25, 0.3) is 0 Å². The van der Waals surface area contributed by atoms with Crippen LogP contribution < -0.4 is 5.32 Å². The van der Waals surface area contributed by atoms with Crippen LogP contribution in [0, 0.1) is 5.92 Å². The lowest BCUT2D eigenvalue weighted by Crippen LogP contribution is -2.51. The average molecular weight is 266 g/mol. The van der Waals surface area contributed by atoms with E-state index in [1.807, 2.05) is 0 Å². The second kappa shape index (κ2) is 5.34. The van der Waals surface area contributed by atoms with E-state index < -0.39 is 5.60 Å². The van der Waals surface area contributed by atoms with Gasteiger partial charge in [0.1, 0.15) is 0 Å². The van der Waals surface area contributed by atoms with Crippen molar-refractivity contribution in [2.24, 2.45) is 5.92 Å². The van der Waals surface area contributed by atoms with Crippen LogP contribution in [0.1, 0.15) is 58.3 Å². The Kier molecular flexibility index (Phi) is 3.89. The lowest BCUT2D eigenvalue weighted by atomic mass is 9.79. The Balaban J connectivity index is 1.48. The Morgan fingerprint density at radius 1 is 1.11 bits per heavy atom. The fourth-order valence-corrected chi connectivity index (χ4v) is 4.39. The molecule has 0 aromatic carbocycles. The van der Waals surface area contributed by atoms with Gasteiger partial charge in [0.15, 0.2) is 0 Å². The summed E-state index contributed by atoms with van der Waals surface area (Å²) >= 11 is 0. The van der Waals surface area contributed by atoms with Gasteiger partial charge in [0.25, 0.3) is 0 Å². The molecule has 2 heterocycles. The van der Waals surface area contributed by atoms with Crippen molar-refractivity contribution in [3.05, 3.63) is 0 Å². The number of piperidine rings is 1. The molecule has 1 aliphatic carbocycles. The molecule has 2 unspecified atom stereocenters. The summed E-state index contributed by atoms with van der Waals surface area (Å²) in [5, 5.41) is 14.3. The summed E-state index contributed by atoms with van der Waals surface area (Å²) in [6, 6.07) is 2.21. The molecule has 0 radical (unpaired) electrons. The number of fused-ring (bicyclic) bond motifs is 2. The lowest BCUT2D eigenvalue weighted by molar-refractivity contribution is -0.0109. The van der Waals surface area contributed by atoms with Crippen LogP contribution in [0.5, 0.6) is 0 Å². The van der Waals surface area contributed by atoms with E-state index in [1.54, 1.807) is 0 Å². The maximum Gasteiger partial charge on any atom is 0.0771 e. The van der Waals surface area contributed by atoms with Crippen LogP contribution in [-0.2, 0) is 0 Å². The molecular weight excluding hydrogens is 236 g/mol. The molecule has 110 valence electrons. The maximum atomic E-state index is 10.6. The smallest absolute Gasteiger partial charge is 0.0771 e. The van der Waals surface area contributed by atoms with Gasteiger partial charge in [-0.05, 0) is 64.3 Å². The molecule has 19 heavy (non-hydrogen) atoms. The molecule has 3 heteroatoms. The van der Waals surface area contributed by atoms with Crippen molar-refractivity contribution >= 4 is 0 Å². The third-order valence-electron chi connectivity index (χ3n) is 6.02. The van der Waals surface area contributed by atoms with E-state index in [-0.39, 0.29) is 0 Å². The van der Waals surface area contributed by atoms with Gasteiger partial charge in [-0.3, -0.25) is 0 Å². The number of nitrogens with zero attached hydrogens (tertiary/aromatic N) is 1. The highest BCUT2D eigenvalue weighted by molar-refractivity contribution is 4.97. The highest BCUT2D eigenvalue weighted by Gasteiger charge is 2.39. The number of aliphatic hydroxyl groups is 1. The summed E-state index contributed by atoms with van der Waals surface area (Å²) in [6.45, 7) is 3.12. The summed E-state index contributed by atoms with van der Waals surface area (Å²) in [5.74, 6) is 0.805. The summed E-state index contributed by atoms with van der Waals surface area (Å²) < 4.78 is 0. The molecule has 3 rings (SSSR count). The van der Waals surface area contributed by atoms with Crippen LogP contribution >= 0.6 is 0 Å². The SMILES string of the molecule is CC1CCC(O)(CNC2CC3CCC(C2)N3C)CC1. The molecule has 2 bridgehead atoms.